The summed E-state index contributed by atoms with van der Waals surface area (Å²) in [5.41, 5.74) is 0.213. The lowest BCUT2D eigenvalue weighted by Gasteiger charge is -2.32. The van der Waals surface area contributed by atoms with E-state index in [-0.39, 0.29) is 23.6 Å². The van der Waals surface area contributed by atoms with Gasteiger partial charge in [-0.25, -0.2) is 4.39 Å². The number of alkyl halides is 3. The molecule has 0 saturated heterocycles. The standard InChI is InChI=1S/C21H20F4N4O3/c1-28(11-19(31)26-14-6-4-5-13(22)9-14)12-20(32)29-16-8-3-2-7-15(16)27-18(30)10-17(29)21(23,24)25/h2-9,17H,10-12H2,1H3,(H,26,31)(H,27,30)/t17-/m0/s1. The molecule has 1 heterocycles. The Morgan fingerprint density at radius 3 is 2.56 bits per heavy atom. The highest BCUT2D eigenvalue weighted by molar-refractivity contribution is 6.05. The fourth-order valence-corrected chi connectivity index (χ4v) is 3.37. The molecule has 0 aliphatic carbocycles. The van der Waals surface area contributed by atoms with Crippen molar-refractivity contribution in [2.75, 3.05) is 35.7 Å². The molecule has 32 heavy (non-hydrogen) atoms. The molecule has 0 spiro atoms. The van der Waals surface area contributed by atoms with Gasteiger partial charge >= 0.3 is 6.18 Å². The van der Waals surface area contributed by atoms with Gasteiger partial charge in [-0.3, -0.25) is 24.2 Å². The Morgan fingerprint density at radius 1 is 1.16 bits per heavy atom. The molecule has 3 amide bonds. The van der Waals surface area contributed by atoms with Crippen LogP contribution in [0.3, 0.4) is 0 Å². The summed E-state index contributed by atoms with van der Waals surface area (Å²) in [6.07, 6.45) is -5.80. The van der Waals surface area contributed by atoms with Crippen molar-refractivity contribution in [3.05, 3.63) is 54.3 Å². The Labute approximate surface area is 181 Å². The summed E-state index contributed by atoms with van der Waals surface area (Å²) in [6.45, 7) is -0.850. The van der Waals surface area contributed by atoms with Gasteiger partial charge < -0.3 is 10.6 Å². The van der Waals surface area contributed by atoms with Crippen LogP contribution in [-0.4, -0.2) is 55.0 Å². The molecule has 1 aliphatic rings. The first-order valence-corrected chi connectivity index (χ1v) is 9.56. The minimum absolute atomic E-state index is 0.0803. The van der Waals surface area contributed by atoms with Gasteiger partial charge in [0, 0.05) is 5.69 Å². The number of hydrogen-bond acceptors (Lipinski definition) is 4. The molecule has 1 aliphatic heterocycles. The number of rotatable bonds is 5. The van der Waals surface area contributed by atoms with E-state index < -0.39 is 48.7 Å². The van der Waals surface area contributed by atoms with Crippen molar-refractivity contribution in [1.29, 1.82) is 0 Å². The predicted octanol–water partition coefficient (Wildman–Crippen LogP) is 3.00. The number of benzene rings is 2. The molecule has 0 saturated carbocycles. The first kappa shape index (κ1) is 23.2. The zero-order chi connectivity index (χ0) is 23.5. The minimum atomic E-state index is -4.85. The smallest absolute Gasteiger partial charge is 0.325 e. The maximum atomic E-state index is 13.7. The van der Waals surface area contributed by atoms with Crippen LogP contribution in [0.5, 0.6) is 0 Å². The van der Waals surface area contributed by atoms with E-state index >= 15 is 0 Å². The number of para-hydroxylation sites is 2. The molecule has 170 valence electrons. The lowest BCUT2D eigenvalue weighted by molar-refractivity contribution is -0.158. The molecular weight excluding hydrogens is 432 g/mol. The van der Waals surface area contributed by atoms with Gasteiger partial charge in [0.25, 0.3) is 0 Å². The van der Waals surface area contributed by atoms with Gasteiger partial charge in [-0.15, -0.1) is 0 Å². The Hall–Kier alpha value is -3.47. The van der Waals surface area contributed by atoms with Crippen molar-refractivity contribution in [3.8, 4) is 0 Å². The molecule has 1 atom stereocenters. The van der Waals surface area contributed by atoms with Crippen LogP contribution in [0, 0.1) is 5.82 Å². The number of likely N-dealkylation sites (N-methyl/N-ethyl adjacent to an activating group) is 1. The Kier molecular flexibility index (Phi) is 6.78. The SMILES string of the molecule is CN(CC(=O)Nc1cccc(F)c1)CC(=O)N1c2ccccc2NC(=O)C[C@H]1C(F)(F)F. The molecule has 2 aromatic rings. The van der Waals surface area contributed by atoms with Crippen LogP contribution in [0.25, 0.3) is 0 Å². The van der Waals surface area contributed by atoms with Gasteiger partial charge in [0.2, 0.25) is 17.7 Å². The summed E-state index contributed by atoms with van der Waals surface area (Å²) in [7, 11) is 1.39. The average Bonchev–Trinajstić information content (AvgIpc) is 2.83. The number of hydrogen-bond donors (Lipinski definition) is 2. The Bertz CT molecular complexity index is 1030. The highest BCUT2D eigenvalue weighted by Gasteiger charge is 2.49. The second-order valence-electron chi connectivity index (χ2n) is 7.32. The van der Waals surface area contributed by atoms with E-state index in [1.165, 1.54) is 54.4 Å². The fourth-order valence-electron chi connectivity index (χ4n) is 3.37. The van der Waals surface area contributed by atoms with Crippen molar-refractivity contribution in [2.24, 2.45) is 0 Å². The van der Waals surface area contributed by atoms with Crippen LogP contribution >= 0.6 is 0 Å². The van der Waals surface area contributed by atoms with Crippen molar-refractivity contribution in [3.63, 3.8) is 0 Å². The molecule has 7 nitrogen and oxygen atoms in total. The molecular formula is C21H20F4N4O3. The molecule has 0 bridgehead atoms. The number of carbonyl (C=O) groups excluding carboxylic acids is 3. The molecule has 0 aromatic heterocycles. The Morgan fingerprint density at radius 2 is 1.88 bits per heavy atom. The summed E-state index contributed by atoms with van der Waals surface area (Å²) < 4.78 is 54.5. The maximum absolute atomic E-state index is 13.7. The molecule has 3 rings (SSSR count). The zero-order valence-corrected chi connectivity index (χ0v) is 16.9. The van der Waals surface area contributed by atoms with Crippen LogP contribution in [0.2, 0.25) is 0 Å². The molecule has 0 unspecified atom stereocenters. The first-order chi connectivity index (χ1) is 15.0. The van der Waals surface area contributed by atoms with Crippen LogP contribution in [0.4, 0.5) is 34.6 Å². The molecule has 11 heteroatoms. The topological polar surface area (TPSA) is 81.8 Å². The molecule has 2 N–H and O–H groups in total. The van der Waals surface area contributed by atoms with Crippen LogP contribution in [0.15, 0.2) is 48.5 Å². The zero-order valence-electron chi connectivity index (χ0n) is 16.9. The fraction of sp³-hybridized carbons (Fsp3) is 0.286. The van der Waals surface area contributed by atoms with E-state index in [1.807, 2.05) is 0 Å². The quantitative estimate of drug-likeness (QED) is 0.684. The highest BCUT2D eigenvalue weighted by atomic mass is 19.4. The van der Waals surface area contributed by atoms with Crippen molar-refractivity contribution >= 4 is 34.8 Å². The second kappa shape index (κ2) is 9.35. The number of halogens is 4. The van der Waals surface area contributed by atoms with Gasteiger partial charge in [-0.1, -0.05) is 18.2 Å². The van der Waals surface area contributed by atoms with Gasteiger partial charge in [-0.2, -0.15) is 13.2 Å². The number of nitrogens with one attached hydrogen (secondary N) is 2. The lowest BCUT2D eigenvalue weighted by atomic mass is 10.1. The van der Waals surface area contributed by atoms with Gasteiger partial charge in [0.15, 0.2) is 0 Å². The molecule has 0 radical (unpaired) electrons. The first-order valence-electron chi connectivity index (χ1n) is 9.56. The number of carbonyl (C=O) groups is 3. The Balaban J connectivity index is 1.76. The van der Waals surface area contributed by atoms with E-state index in [2.05, 4.69) is 10.6 Å². The van der Waals surface area contributed by atoms with E-state index in [0.717, 1.165) is 6.07 Å². The summed E-state index contributed by atoms with van der Waals surface area (Å²) in [4.78, 5) is 38.9. The van der Waals surface area contributed by atoms with Crippen molar-refractivity contribution in [2.45, 2.75) is 18.6 Å². The summed E-state index contributed by atoms with van der Waals surface area (Å²) in [6, 6.07) is 8.54. The van der Waals surface area contributed by atoms with Crippen LogP contribution in [-0.2, 0) is 14.4 Å². The van der Waals surface area contributed by atoms with Crippen LogP contribution < -0.4 is 15.5 Å². The monoisotopic (exact) mass is 452 g/mol. The van der Waals surface area contributed by atoms with Gasteiger partial charge in [0.05, 0.1) is 30.9 Å². The number of fused-ring (bicyclic) bond motifs is 1. The van der Waals surface area contributed by atoms with E-state index in [4.69, 9.17) is 0 Å². The van der Waals surface area contributed by atoms with E-state index in [0.29, 0.717) is 4.90 Å². The predicted molar refractivity (Wildman–Crippen MR) is 110 cm³/mol. The molecule has 2 aromatic carbocycles. The average molecular weight is 452 g/mol. The lowest BCUT2D eigenvalue weighted by Crippen LogP contribution is -2.52. The normalized spacial score (nSPS) is 16.2. The summed E-state index contributed by atoms with van der Waals surface area (Å²) >= 11 is 0. The third-order valence-corrected chi connectivity index (χ3v) is 4.70. The summed E-state index contributed by atoms with van der Waals surface area (Å²) in [5, 5.41) is 4.84. The highest BCUT2D eigenvalue weighted by Crippen LogP contribution is 2.37. The molecule has 0 fully saturated rings. The van der Waals surface area contributed by atoms with Gasteiger partial charge in [-0.05, 0) is 37.4 Å². The minimum Gasteiger partial charge on any atom is -0.325 e. The number of amides is 3. The third kappa shape index (κ3) is 5.61. The van der Waals surface area contributed by atoms with Crippen molar-refractivity contribution in [1.82, 2.24) is 4.90 Å². The second-order valence-corrected chi connectivity index (χ2v) is 7.32. The van der Waals surface area contributed by atoms with Crippen LogP contribution in [0.1, 0.15) is 6.42 Å². The van der Waals surface area contributed by atoms with Crippen molar-refractivity contribution < 1.29 is 31.9 Å². The van der Waals surface area contributed by atoms with E-state index in [1.54, 1.807) is 0 Å². The largest absolute Gasteiger partial charge is 0.409 e. The number of anilines is 3. The maximum Gasteiger partial charge on any atom is 0.409 e. The van der Waals surface area contributed by atoms with Gasteiger partial charge in [0.1, 0.15) is 11.9 Å². The third-order valence-electron chi connectivity index (χ3n) is 4.70. The number of nitrogens with zero attached hydrogens (tertiary/aromatic N) is 2. The summed E-state index contributed by atoms with van der Waals surface area (Å²) in [5.74, 6) is -2.92. The van der Waals surface area contributed by atoms with E-state index in [9.17, 15) is 31.9 Å².